The van der Waals surface area contributed by atoms with Crippen LogP contribution in [-0.2, 0) is 4.74 Å². The van der Waals surface area contributed by atoms with Gasteiger partial charge in [-0.15, -0.1) is 26.3 Å². The largest absolute Gasteiger partial charge is 0.573 e. The monoisotopic (exact) mass is 620 g/mol. The number of alkyl halides is 6. The number of carbonyl (C=O) groups excluding carboxylic acids is 2. The Bertz CT molecular complexity index is 1260. The Labute approximate surface area is 242 Å². The molecule has 1 saturated carbocycles. The van der Waals surface area contributed by atoms with Crippen molar-refractivity contribution in [2.45, 2.75) is 44.1 Å². The first-order chi connectivity index (χ1) is 20.3. The van der Waals surface area contributed by atoms with Crippen LogP contribution in [0, 0.1) is 0 Å². The number of halogens is 6. The Hall–Kier alpha value is -3.92. The first-order valence-electron chi connectivity index (χ1n) is 13.4. The number of hydrogen-bond donors (Lipinski definition) is 3. The van der Waals surface area contributed by atoms with E-state index in [4.69, 9.17) is 9.47 Å². The lowest BCUT2D eigenvalue weighted by atomic mass is 10.1. The van der Waals surface area contributed by atoms with Crippen LogP contribution in [0.3, 0.4) is 0 Å². The van der Waals surface area contributed by atoms with Crippen molar-refractivity contribution in [2.24, 2.45) is 0 Å². The second-order valence-corrected chi connectivity index (χ2v) is 9.84. The third kappa shape index (κ3) is 10.7. The molecule has 2 unspecified atom stereocenters. The minimum Gasteiger partial charge on any atom is -0.490 e. The van der Waals surface area contributed by atoms with Crippen molar-refractivity contribution >= 4 is 17.6 Å². The van der Waals surface area contributed by atoms with E-state index >= 15 is 0 Å². The Morgan fingerprint density at radius 1 is 0.930 bits per heavy atom. The number of benzene rings is 2. The van der Waals surface area contributed by atoms with E-state index in [2.05, 4.69) is 30.3 Å². The number of nitrogens with one attached hydrogen (secondary N) is 3. The van der Waals surface area contributed by atoms with E-state index in [1.807, 2.05) is 0 Å². The van der Waals surface area contributed by atoms with Gasteiger partial charge in [0, 0.05) is 50.4 Å². The minimum absolute atomic E-state index is 0.0509. The first-order valence-corrected chi connectivity index (χ1v) is 13.4. The highest BCUT2D eigenvalue weighted by Crippen LogP contribution is 2.32. The van der Waals surface area contributed by atoms with Gasteiger partial charge in [-0.3, -0.25) is 9.69 Å². The van der Waals surface area contributed by atoms with Crippen molar-refractivity contribution in [1.82, 2.24) is 15.5 Å². The van der Waals surface area contributed by atoms with E-state index in [0.29, 0.717) is 52.1 Å². The van der Waals surface area contributed by atoms with Gasteiger partial charge in [-0.1, -0.05) is 6.07 Å². The number of morpholine rings is 1. The standard InChI is InChI=1S/C27H30F6N4O6/c28-26(29,30)42-20-3-1-2-17(15-20)35-25(39)36-18-4-5-19(14-18)41-23-7-6-21(43-27(31,32)33)16-22(23)24(38)34-8-9-37-10-12-40-13-11-37/h1-3,6-7,15-16,18-19H,4-5,8-14H2,(H,34,38)(H2,35,36,39). The van der Waals surface area contributed by atoms with E-state index < -0.39 is 42.3 Å². The lowest BCUT2D eigenvalue weighted by Gasteiger charge is -2.26. The number of anilines is 1. The molecule has 4 rings (SSSR count). The second-order valence-electron chi connectivity index (χ2n) is 9.84. The van der Waals surface area contributed by atoms with Gasteiger partial charge in [-0.05, 0) is 43.2 Å². The fourth-order valence-electron chi connectivity index (χ4n) is 4.72. The number of ether oxygens (including phenoxy) is 4. The molecule has 1 aliphatic heterocycles. The molecular formula is C27H30F6N4O6. The van der Waals surface area contributed by atoms with Crippen molar-refractivity contribution in [3.63, 3.8) is 0 Å². The zero-order chi connectivity index (χ0) is 31.0. The van der Waals surface area contributed by atoms with Gasteiger partial charge in [0.2, 0.25) is 0 Å². The zero-order valence-electron chi connectivity index (χ0n) is 22.7. The van der Waals surface area contributed by atoms with Crippen molar-refractivity contribution in [3.8, 4) is 17.2 Å². The van der Waals surface area contributed by atoms with Crippen LogP contribution in [-0.4, -0.2) is 81.1 Å². The van der Waals surface area contributed by atoms with E-state index in [9.17, 15) is 35.9 Å². The highest BCUT2D eigenvalue weighted by molar-refractivity contribution is 5.97. The van der Waals surface area contributed by atoms with E-state index in [0.717, 1.165) is 24.3 Å². The van der Waals surface area contributed by atoms with Crippen LogP contribution < -0.4 is 30.2 Å². The van der Waals surface area contributed by atoms with Gasteiger partial charge < -0.3 is 34.9 Å². The molecule has 10 nitrogen and oxygen atoms in total. The number of rotatable bonds is 10. The predicted octanol–water partition coefficient (Wildman–Crippen LogP) is 4.67. The average molecular weight is 621 g/mol. The predicted molar refractivity (Wildman–Crippen MR) is 140 cm³/mol. The normalized spacial score (nSPS) is 19.4. The molecule has 1 aliphatic carbocycles. The molecule has 0 bridgehead atoms. The molecule has 0 aromatic heterocycles. The molecule has 2 aromatic carbocycles. The van der Waals surface area contributed by atoms with Crippen LogP contribution in [0.25, 0.3) is 0 Å². The van der Waals surface area contributed by atoms with Crippen LogP contribution >= 0.6 is 0 Å². The van der Waals surface area contributed by atoms with Gasteiger partial charge in [0.05, 0.1) is 18.8 Å². The Balaban J connectivity index is 1.34. The maximum Gasteiger partial charge on any atom is 0.573 e. The molecule has 2 aliphatic rings. The van der Waals surface area contributed by atoms with E-state index in [1.54, 1.807) is 0 Å². The fourth-order valence-corrected chi connectivity index (χ4v) is 4.72. The molecule has 0 radical (unpaired) electrons. The van der Waals surface area contributed by atoms with E-state index in [-0.39, 0.29) is 29.6 Å². The van der Waals surface area contributed by atoms with Crippen molar-refractivity contribution in [3.05, 3.63) is 48.0 Å². The third-order valence-corrected chi connectivity index (χ3v) is 6.59. The maximum absolute atomic E-state index is 13.0. The molecule has 1 heterocycles. The Morgan fingerprint density at radius 3 is 2.33 bits per heavy atom. The van der Waals surface area contributed by atoms with Crippen LogP contribution in [0.4, 0.5) is 36.8 Å². The van der Waals surface area contributed by atoms with E-state index in [1.165, 1.54) is 18.2 Å². The molecule has 2 fully saturated rings. The number of amides is 3. The average Bonchev–Trinajstić information content (AvgIpc) is 3.34. The summed E-state index contributed by atoms with van der Waals surface area (Å²) in [5, 5.41) is 7.86. The van der Waals surface area contributed by atoms with Crippen molar-refractivity contribution in [2.75, 3.05) is 44.7 Å². The minimum atomic E-state index is -4.95. The topological polar surface area (TPSA) is 110 Å². The number of hydrogen-bond acceptors (Lipinski definition) is 7. The Kier molecular flexibility index (Phi) is 10.4. The molecule has 16 heteroatoms. The summed E-state index contributed by atoms with van der Waals surface area (Å²) in [7, 11) is 0. The summed E-state index contributed by atoms with van der Waals surface area (Å²) >= 11 is 0. The molecule has 0 spiro atoms. The van der Waals surface area contributed by atoms with Gasteiger partial charge in [0.15, 0.2) is 0 Å². The maximum atomic E-state index is 13.0. The molecule has 236 valence electrons. The number of urea groups is 1. The molecule has 2 aromatic rings. The summed E-state index contributed by atoms with van der Waals surface area (Å²) in [6.07, 6.45) is -9.07. The SMILES string of the molecule is O=C(Nc1cccc(OC(F)(F)F)c1)NC1CCC(Oc2ccc(OC(F)(F)F)cc2C(=O)NCCN2CCOCC2)C1. The van der Waals surface area contributed by atoms with Gasteiger partial charge in [0.25, 0.3) is 5.91 Å². The summed E-state index contributed by atoms with van der Waals surface area (Å²) in [6, 6.07) is 6.98. The van der Waals surface area contributed by atoms with Gasteiger partial charge >= 0.3 is 18.8 Å². The van der Waals surface area contributed by atoms with Crippen molar-refractivity contribution in [1.29, 1.82) is 0 Å². The molecular weight excluding hydrogens is 590 g/mol. The van der Waals surface area contributed by atoms with Crippen LogP contribution in [0.1, 0.15) is 29.6 Å². The highest BCUT2D eigenvalue weighted by Gasteiger charge is 2.33. The summed E-state index contributed by atoms with van der Waals surface area (Å²) in [5.74, 6) is -1.66. The van der Waals surface area contributed by atoms with Gasteiger partial charge in [0.1, 0.15) is 23.4 Å². The zero-order valence-corrected chi connectivity index (χ0v) is 22.7. The lowest BCUT2D eigenvalue weighted by molar-refractivity contribution is -0.275. The van der Waals surface area contributed by atoms with Gasteiger partial charge in [-0.25, -0.2) is 4.79 Å². The van der Waals surface area contributed by atoms with Crippen molar-refractivity contribution < 1.29 is 54.9 Å². The fraction of sp³-hybridized carbons (Fsp3) is 0.481. The summed E-state index contributed by atoms with van der Waals surface area (Å²) in [5.41, 5.74) is -0.0608. The second kappa shape index (κ2) is 14.0. The third-order valence-electron chi connectivity index (χ3n) is 6.59. The quantitative estimate of drug-likeness (QED) is 0.332. The number of nitrogens with zero attached hydrogens (tertiary/aromatic N) is 1. The van der Waals surface area contributed by atoms with Crippen LogP contribution in [0.15, 0.2) is 42.5 Å². The van der Waals surface area contributed by atoms with Crippen LogP contribution in [0.2, 0.25) is 0 Å². The molecule has 43 heavy (non-hydrogen) atoms. The lowest BCUT2D eigenvalue weighted by Crippen LogP contribution is -2.41. The molecule has 1 saturated heterocycles. The summed E-state index contributed by atoms with van der Waals surface area (Å²) in [4.78, 5) is 27.5. The first kappa shape index (κ1) is 32.0. The smallest absolute Gasteiger partial charge is 0.490 e. The highest BCUT2D eigenvalue weighted by atomic mass is 19.4. The van der Waals surface area contributed by atoms with Crippen LogP contribution in [0.5, 0.6) is 17.2 Å². The molecule has 3 N–H and O–H groups in total. The number of carbonyl (C=O) groups is 2. The molecule has 3 amide bonds. The Morgan fingerprint density at radius 2 is 1.63 bits per heavy atom. The molecule has 2 atom stereocenters. The summed E-state index contributed by atoms with van der Waals surface area (Å²) < 4.78 is 95.0. The summed E-state index contributed by atoms with van der Waals surface area (Å²) in [6.45, 7) is 3.33. The van der Waals surface area contributed by atoms with Gasteiger partial charge in [-0.2, -0.15) is 0 Å².